The van der Waals surface area contributed by atoms with E-state index in [1.54, 1.807) is 26.8 Å². The number of aryl methyl sites for hydroxylation is 2. The van der Waals surface area contributed by atoms with Gasteiger partial charge in [0.15, 0.2) is 0 Å². The first-order valence-corrected chi connectivity index (χ1v) is 9.69. The van der Waals surface area contributed by atoms with Crippen molar-refractivity contribution in [3.8, 4) is 0 Å². The second kappa shape index (κ2) is 7.73. The molecule has 1 aromatic carbocycles. The van der Waals surface area contributed by atoms with Gasteiger partial charge >= 0.3 is 6.03 Å². The molecule has 2 heterocycles. The van der Waals surface area contributed by atoms with Crippen LogP contribution in [0.15, 0.2) is 40.8 Å². The van der Waals surface area contributed by atoms with Gasteiger partial charge in [0.1, 0.15) is 23.6 Å². The molecular formula is C22H27N3O4. The minimum atomic E-state index is -1.25. The highest BCUT2D eigenvalue weighted by Gasteiger charge is 2.51. The standard InChI is InChI=1S/C22H27N3O4/c1-13(2)19(16-9-7-6-8-10-16)23-18(26)12-25-20(27)22(5,24-21(25)28)17-11-14(3)29-15(17)4/h6-11,13,19H,12H2,1-5H3,(H,23,26)(H,24,28). The summed E-state index contributed by atoms with van der Waals surface area (Å²) in [6, 6.07) is 10.6. The fraction of sp³-hybridized carbons (Fsp3) is 0.409. The maximum absolute atomic E-state index is 13.0. The number of nitrogens with one attached hydrogen (secondary N) is 2. The maximum atomic E-state index is 13.0. The molecule has 1 fully saturated rings. The first-order chi connectivity index (χ1) is 13.6. The van der Waals surface area contributed by atoms with E-state index in [0.29, 0.717) is 17.1 Å². The molecule has 0 aliphatic carbocycles. The van der Waals surface area contributed by atoms with E-state index in [1.165, 1.54) is 0 Å². The fourth-order valence-electron chi connectivity index (χ4n) is 3.81. The van der Waals surface area contributed by atoms with E-state index in [0.717, 1.165) is 10.5 Å². The molecule has 4 amide bonds. The lowest BCUT2D eigenvalue weighted by atomic mass is 9.92. The minimum absolute atomic E-state index is 0.145. The van der Waals surface area contributed by atoms with Gasteiger partial charge in [-0.3, -0.25) is 14.5 Å². The lowest BCUT2D eigenvalue weighted by molar-refractivity contribution is -0.135. The maximum Gasteiger partial charge on any atom is 0.325 e. The molecule has 29 heavy (non-hydrogen) atoms. The molecule has 0 bridgehead atoms. The number of hydrogen-bond acceptors (Lipinski definition) is 4. The second-order valence-electron chi connectivity index (χ2n) is 7.97. The number of carbonyl (C=O) groups is 3. The molecule has 1 aliphatic rings. The van der Waals surface area contributed by atoms with Gasteiger partial charge in [-0.1, -0.05) is 44.2 Å². The van der Waals surface area contributed by atoms with Gasteiger partial charge in [0, 0.05) is 5.56 Å². The van der Waals surface area contributed by atoms with Crippen molar-refractivity contribution in [2.75, 3.05) is 6.54 Å². The van der Waals surface area contributed by atoms with Crippen LogP contribution in [0.5, 0.6) is 0 Å². The lowest BCUT2D eigenvalue weighted by Crippen LogP contribution is -2.44. The van der Waals surface area contributed by atoms with Gasteiger partial charge in [0.05, 0.1) is 6.04 Å². The number of hydrogen-bond donors (Lipinski definition) is 2. The Bertz CT molecular complexity index is 935. The number of furan rings is 1. The van der Waals surface area contributed by atoms with E-state index in [2.05, 4.69) is 10.6 Å². The van der Waals surface area contributed by atoms with Crippen LogP contribution in [0.25, 0.3) is 0 Å². The predicted octanol–water partition coefficient (Wildman–Crippen LogP) is 3.18. The van der Waals surface area contributed by atoms with Crippen molar-refractivity contribution in [3.05, 3.63) is 59.0 Å². The van der Waals surface area contributed by atoms with Crippen LogP contribution < -0.4 is 10.6 Å². The number of rotatable bonds is 6. The number of nitrogens with zero attached hydrogens (tertiary/aromatic N) is 1. The summed E-state index contributed by atoms with van der Waals surface area (Å²) >= 11 is 0. The summed E-state index contributed by atoms with van der Waals surface area (Å²) in [5.74, 6) is 0.502. The zero-order chi connectivity index (χ0) is 21.3. The third-order valence-corrected chi connectivity index (χ3v) is 5.30. The summed E-state index contributed by atoms with van der Waals surface area (Å²) in [5, 5.41) is 5.66. The second-order valence-corrected chi connectivity index (χ2v) is 7.97. The van der Waals surface area contributed by atoms with Crippen molar-refractivity contribution >= 4 is 17.8 Å². The van der Waals surface area contributed by atoms with Crippen LogP contribution in [0.2, 0.25) is 0 Å². The van der Waals surface area contributed by atoms with Crippen LogP contribution >= 0.6 is 0 Å². The van der Waals surface area contributed by atoms with Crippen molar-refractivity contribution in [3.63, 3.8) is 0 Å². The van der Waals surface area contributed by atoms with Crippen LogP contribution in [0.3, 0.4) is 0 Å². The number of amides is 4. The Hall–Kier alpha value is -3.09. The van der Waals surface area contributed by atoms with E-state index in [1.807, 2.05) is 44.2 Å². The Morgan fingerprint density at radius 3 is 2.41 bits per heavy atom. The topological polar surface area (TPSA) is 91.7 Å². The normalized spacial score (nSPS) is 20.1. The summed E-state index contributed by atoms with van der Waals surface area (Å²) in [6.07, 6.45) is 0. The van der Waals surface area contributed by atoms with Gasteiger partial charge in [0.25, 0.3) is 5.91 Å². The van der Waals surface area contributed by atoms with Crippen molar-refractivity contribution in [1.29, 1.82) is 0 Å². The molecule has 154 valence electrons. The first kappa shape index (κ1) is 20.6. The van der Waals surface area contributed by atoms with Gasteiger partial charge in [-0.15, -0.1) is 0 Å². The molecular weight excluding hydrogens is 370 g/mol. The van der Waals surface area contributed by atoms with Crippen LogP contribution in [0.4, 0.5) is 4.79 Å². The summed E-state index contributed by atoms with van der Waals surface area (Å²) in [6.45, 7) is 8.83. The smallest absolute Gasteiger partial charge is 0.325 e. The lowest BCUT2D eigenvalue weighted by Gasteiger charge is -2.24. The van der Waals surface area contributed by atoms with E-state index in [-0.39, 0.29) is 24.4 Å². The number of urea groups is 1. The summed E-state index contributed by atoms with van der Waals surface area (Å²) < 4.78 is 5.52. The third-order valence-electron chi connectivity index (χ3n) is 5.30. The summed E-state index contributed by atoms with van der Waals surface area (Å²) in [7, 11) is 0. The van der Waals surface area contributed by atoms with E-state index >= 15 is 0 Å². The van der Waals surface area contributed by atoms with Gasteiger partial charge in [-0.25, -0.2) is 4.79 Å². The minimum Gasteiger partial charge on any atom is -0.466 e. The molecule has 2 unspecified atom stereocenters. The van der Waals surface area contributed by atoms with Crippen molar-refractivity contribution < 1.29 is 18.8 Å². The Morgan fingerprint density at radius 2 is 1.86 bits per heavy atom. The average Bonchev–Trinajstić information content (AvgIpc) is 3.11. The monoisotopic (exact) mass is 397 g/mol. The molecule has 7 heteroatoms. The van der Waals surface area contributed by atoms with E-state index < -0.39 is 17.5 Å². The molecule has 1 saturated heterocycles. The molecule has 1 aromatic heterocycles. The molecule has 2 N–H and O–H groups in total. The zero-order valence-corrected chi connectivity index (χ0v) is 17.4. The summed E-state index contributed by atoms with van der Waals surface area (Å²) in [5.41, 5.74) is 0.318. The Kier molecular flexibility index (Phi) is 5.50. The highest BCUT2D eigenvalue weighted by atomic mass is 16.3. The molecule has 1 aliphatic heterocycles. The fourth-order valence-corrected chi connectivity index (χ4v) is 3.81. The zero-order valence-electron chi connectivity index (χ0n) is 17.4. The predicted molar refractivity (Wildman–Crippen MR) is 108 cm³/mol. The van der Waals surface area contributed by atoms with Gasteiger partial charge in [0.2, 0.25) is 5.91 Å². The van der Waals surface area contributed by atoms with Crippen molar-refractivity contribution in [2.45, 2.75) is 46.2 Å². The molecule has 2 aromatic rings. The highest BCUT2D eigenvalue weighted by Crippen LogP contribution is 2.32. The van der Waals surface area contributed by atoms with E-state index in [9.17, 15) is 14.4 Å². The quantitative estimate of drug-likeness (QED) is 0.733. The Morgan fingerprint density at radius 1 is 1.21 bits per heavy atom. The van der Waals surface area contributed by atoms with Crippen molar-refractivity contribution in [2.24, 2.45) is 5.92 Å². The molecule has 3 rings (SSSR count). The van der Waals surface area contributed by atoms with Gasteiger partial charge in [-0.2, -0.15) is 0 Å². The van der Waals surface area contributed by atoms with Gasteiger partial charge in [-0.05, 0) is 38.3 Å². The largest absolute Gasteiger partial charge is 0.466 e. The number of benzene rings is 1. The third kappa shape index (κ3) is 3.90. The summed E-state index contributed by atoms with van der Waals surface area (Å²) in [4.78, 5) is 39.2. The first-order valence-electron chi connectivity index (χ1n) is 9.69. The van der Waals surface area contributed by atoms with Crippen LogP contribution in [-0.4, -0.2) is 29.3 Å². The molecule has 0 spiro atoms. The number of imide groups is 1. The van der Waals surface area contributed by atoms with Crippen LogP contribution in [0, 0.1) is 19.8 Å². The number of carbonyl (C=O) groups excluding carboxylic acids is 3. The van der Waals surface area contributed by atoms with Crippen LogP contribution in [0.1, 0.15) is 49.5 Å². The molecule has 0 radical (unpaired) electrons. The molecule has 0 saturated carbocycles. The Balaban J connectivity index is 1.76. The van der Waals surface area contributed by atoms with Crippen LogP contribution in [-0.2, 0) is 15.1 Å². The van der Waals surface area contributed by atoms with Crippen molar-refractivity contribution in [1.82, 2.24) is 15.5 Å². The molecule has 2 atom stereocenters. The molecule has 7 nitrogen and oxygen atoms in total. The highest BCUT2D eigenvalue weighted by molar-refractivity contribution is 6.09. The van der Waals surface area contributed by atoms with Gasteiger partial charge < -0.3 is 15.1 Å². The average molecular weight is 397 g/mol. The SMILES string of the molecule is Cc1cc(C2(C)NC(=O)N(CC(=O)NC(c3ccccc3)C(C)C)C2=O)c(C)o1. The van der Waals surface area contributed by atoms with E-state index in [4.69, 9.17) is 4.42 Å². The Labute approximate surface area is 170 Å².